The van der Waals surface area contributed by atoms with Gasteiger partial charge in [-0.25, -0.2) is 8.42 Å². The molecule has 218 valence electrons. The Morgan fingerprint density at radius 3 is 2.12 bits per heavy atom. The lowest BCUT2D eigenvalue weighted by Gasteiger charge is -2.33. The molecule has 0 radical (unpaired) electrons. The first-order valence-corrected chi connectivity index (χ1v) is 15.9. The molecule has 0 spiro atoms. The van der Waals surface area contributed by atoms with Gasteiger partial charge < -0.3 is 10.2 Å². The van der Waals surface area contributed by atoms with Crippen LogP contribution in [0.1, 0.15) is 11.1 Å². The second-order valence-electron chi connectivity index (χ2n) is 9.39. The topological polar surface area (TPSA) is 86.8 Å². The van der Waals surface area contributed by atoms with Gasteiger partial charge in [0.1, 0.15) is 12.6 Å². The summed E-state index contributed by atoms with van der Waals surface area (Å²) in [4.78, 5) is 29.0. The Labute approximate surface area is 264 Å². The van der Waals surface area contributed by atoms with Crippen molar-refractivity contribution in [2.75, 3.05) is 17.9 Å². The van der Waals surface area contributed by atoms with Crippen LogP contribution >= 0.6 is 39.1 Å². The van der Waals surface area contributed by atoms with Crippen molar-refractivity contribution in [3.05, 3.63) is 129 Å². The second-order valence-corrected chi connectivity index (χ2v) is 13.0. The van der Waals surface area contributed by atoms with Gasteiger partial charge in [0.05, 0.1) is 15.6 Å². The number of rotatable bonds is 11. The number of benzene rings is 4. The van der Waals surface area contributed by atoms with Crippen molar-refractivity contribution in [1.82, 2.24) is 10.2 Å². The number of carbonyl (C=O) groups is 2. The summed E-state index contributed by atoms with van der Waals surface area (Å²) in [5.41, 5.74) is 1.68. The molecule has 0 bridgehead atoms. The lowest BCUT2D eigenvalue weighted by atomic mass is 10.0. The number of hydrogen-bond acceptors (Lipinski definition) is 4. The Bertz CT molecular complexity index is 1660. The number of amides is 2. The number of hydrogen-bond donors (Lipinski definition) is 1. The van der Waals surface area contributed by atoms with Gasteiger partial charge in [-0.3, -0.25) is 13.9 Å². The smallest absolute Gasteiger partial charge is 0.264 e. The van der Waals surface area contributed by atoms with Crippen LogP contribution in [0.3, 0.4) is 0 Å². The molecule has 4 aromatic carbocycles. The van der Waals surface area contributed by atoms with Crippen LogP contribution in [0.25, 0.3) is 0 Å². The largest absolute Gasteiger partial charge is 0.357 e. The highest BCUT2D eigenvalue weighted by Crippen LogP contribution is 2.33. The summed E-state index contributed by atoms with van der Waals surface area (Å²) < 4.78 is 29.7. The Morgan fingerprint density at radius 1 is 0.857 bits per heavy atom. The van der Waals surface area contributed by atoms with Gasteiger partial charge in [-0.05, 0) is 53.6 Å². The van der Waals surface area contributed by atoms with Crippen LogP contribution in [0.15, 0.2) is 112 Å². The zero-order valence-electron chi connectivity index (χ0n) is 22.6. The average Bonchev–Trinajstić information content (AvgIpc) is 2.98. The number of nitrogens with zero attached hydrogens (tertiary/aromatic N) is 2. The van der Waals surface area contributed by atoms with Crippen LogP contribution in [0.5, 0.6) is 0 Å². The molecule has 0 aliphatic carbocycles. The van der Waals surface area contributed by atoms with Crippen molar-refractivity contribution in [1.29, 1.82) is 0 Å². The van der Waals surface area contributed by atoms with E-state index in [-0.39, 0.29) is 34.5 Å². The van der Waals surface area contributed by atoms with E-state index in [1.165, 1.54) is 42.3 Å². The second kappa shape index (κ2) is 14.2. The van der Waals surface area contributed by atoms with Gasteiger partial charge in [0.2, 0.25) is 11.8 Å². The molecule has 4 rings (SSSR count). The number of likely N-dealkylation sites (N-methyl/N-ethyl adjacent to an activating group) is 1. The normalized spacial score (nSPS) is 11.9. The molecule has 0 fully saturated rings. The van der Waals surface area contributed by atoms with E-state index in [2.05, 4.69) is 21.2 Å². The maximum Gasteiger partial charge on any atom is 0.264 e. The summed E-state index contributed by atoms with van der Waals surface area (Å²) in [5.74, 6) is -0.978. The number of sulfonamides is 1. The number of nitrogens with one attached hydrogen (secondary N) is 1. The summed E-state index contributed by atoms with van der Waals surface area (Å²) in [6.45, 7) is -0.564. The third-order valence-corrected chi connectivity index (χ3v) is 9.35. The highest BCUT2D eigenvalue weighted by atomic mass is 79.9. The van der Waals surface area contributed by atoms with E-state index < -0.39 is 28.5 Å². The van der Waals surface area contributed by atoms with Gasteiger partial charge in [-0.2, -0.15) is 0 Å². The molecule has 42 heavy (non-hydrogen) atoms. The van der Waals surface area contributed by atoms with Crippen molar-refractivity contribution in [3.8, 4) is 0 Å². The van der Waals surface area contributed by atoms with E-state index in [4.69, 9.17) is 23.2 Å². The Hall–Kier alpha value is -3.37. The van der Waals surface area contributed by atoms with Gasteiger partial charge >= 0.3 is 0 Å². The quantitative estimate of drug-likeness (QED) is 0.199. The minimum Gasteiger partial charge on any atom is -0.357 e. The van der Waals surface area contributed by atoms with E-state index in [1.54, 1.807) is 18.2 Å². The van der Waals surface area contributed by atoms with Crippen LogP contribution in [0.2, 0.25) is 10.0 Å². The molecular formula is C31H28BrCl2N3O4S. The lowest BCUT2D eigenvalue weighted by Crippen LogP contribution is -2.53. The molecule has 1 atom stereocenters. The maximum atomic E-state index is 14.3. The van der Waals surface area contributed by atoms with Crippen molar-refractivity contribution in [3.63, 3.8) is 0 Å². The maximum absolute atomic E-state index is 14.3. The molecule has 0 aromatic heterocycles. The van der Waals surface area contributed by atoms with E-state index in [9.17, 15) is 18.0 Å². The lowest BCUT2D eigenvalue weighted by molar-refractivity contribution is -0.139. The van der Waals surface area contributed by atoms with Crippen LogP contribution in [-0.2, 0) is 32.6 Å². The molecular weight excluding hydrogens is 661 g/mol. The molecule has 0 saturated carbocycles. The summed E-state index contributed by atoms with van der Waals surface area (Å²) in [5, 5.41) is 3.03. The Kier molecular flexibility index (Phi) is 10.7. The molecule has 0 aliphatic rings. The van der Waals surface area contributed by atoms with Crippen molar-refractivity contribution in [2.45, 2.75) is 23.9 Å². The zero-order valence-corrected chi connectivity index (χ0v) is 26.5. The van der Waals surface area contributed by atoms with Crippen LogP contribution in [0.4, 0.5) is 5.69 Å². The zero-order chi connectivity index (χ0) is 30.3. The monoisotopic (exact) mass is 687 g/mol. The van der Waals surface area contributed by atoms with E-state index in [0.29, 0.717) is 5.02 Å². The van der Waals surface area contributed by atoms with Crippen molar-refractivity contribution >= 4 is 66.7 Å². The predicted molar refractivity (Wildman–Crippen MR) is 170 cm³/mol. The minimum absolute atomic E-state index is 0.0190. The first-order valence-electron chi connectivity index (χ1n) is 12.9. The summed E-state index contributed by atoms with van der Waals surface area (Å²) in [6, 6.07) is 27.9. The molecule has 2 amide bonds. The summed E-state index contributed by atoms with van der Waals surface area (Å²) in [6.07, 6.45) is 0.216. The molecule has 0 aliphatic heterocycles. The van der Waals surface area contributed by atoms with Crippen LogP contribution < -0.4 is 9.62 Å². The van der Waals surface area contributed by atoms with Gasteiger partial charge in [0.25, 0.3) is 10.0 Å². The third kappa shape index (κ3) is 7.72. The van der Waals surface area contributed by atoms with E-state index >= 15 is 0 Å². The van der Waals surface area contributed by atoms with E-state index in [0.717, 1.165) is 19.9 Å². The van der Waals surface area contributed by atoms with Crippen molar-refractivity contribution in [2.24, 2.45) is 0 Å². The van der Waals surface area contributed by atoms with Gasteiger partial charge in [-0.1, -0.05) is 99.8 Å². The third-order valence-electron chi connectivity index (χ3n) is 6.55. The molecule has 1 N–H and O–H groups in total. The first kappa shape index (κ1) is 31.6. The Balaban J connectivity index is 1.81. The molecule has 4 aromatic rings. The molecule has 7 nitrogen and oxygen atoms in total. The minimum atomic E-state index is -4.26. The molecule has 0 saturated heterocycles. The number of carbonyl (C=O) groups excluding carboxylic acids is 2. The van der Waals surface area contributed by atoms with Crippen LogP contribution in [0, 0.1) is 0 Å². The Morgan fingerprint density at radius 2 is 1.50 bits per heavy atom. The van der Waals surface area contributed by atoms with Gasteiger partial charge in [-0.15, -0.1) is 0 Å². The molecule has 0 unspecified atom stereocenters. The fourth-order valence-corrected chi connectivity index (χ4v) is 6.93. The average molecular weight is 689 g/mol. The fraction of sp³-hybridized carbons (Fsp3) is 0.161. The number of anilines is 1. The summed E-state index contributed by atoms with van der Waals surface area (Å²) >= 11 is 16.1. The van der Waals surface area contributed by atoms with Crippen molar-refractivity contribution < 1.29 is 18.0 Å². The highest BCUT2D eigenvalue weighted by Gasteiger charge is 2.35. The SMILES string of the molecule is CNC(=O)[C@@H](Cc1ccccc1)N(Cc1cccc(Br)c1)C(=O)CN(c1ccc(Cl)cc1Cl)S(=O)(=O)c1ccccc1. The summed E-state index contributed by atoms with van der Waals surface area (Å²) in [7, 11) is -2.76. The van der Waals surface area contributed by atoms with Gasteiger partial charge in [0, 0.05) is 29.5 Å². The van der Waals surface area contributed by atoms with E-state index in [1.807, 2.05) is 54.6 Å². The predicted octanol–water partition coefficient (Wildman–Crippen LogP) is 6.34. The highest BCUT2D eigenvalue weighted by molar-refractivity contribution is 9.10. The molecule has 0 heterocycles. The number of halogens is 3. The first-order chi connectivity index (χ1) is 20.1. The standard InChI is InChI=1S/C31H28BrCl2N3O4S/c1-35-31(39)29(18-22-9-4-2-5-10-22)36(20-23-11-8-12-24(32)17-23)30(38)21-37(28-16-15-25(33)19-27(28)34)42(40,41)26-13-6-3-7-14-26/h2-17,19,29H,18,20-21H2,1H3,(H,35,39)/t29-/m1/s1. The van der Waals surface area contributed by atoms with Crippen LogP contribution in [-0.4, -0.2) is 44.8 Å². The molecule has 11 heteroatoms. The van der Waals surface area contributed by atoms with Gasteiger partial charge in [0.15, 0.2) is 0 Å². The fourth-order valence-electron chi connectivity index (χ4n) is 4.47.